The molecule has 0 radical (unpaired) electrons. The van der Waals surface area contributed by atoms with Gasteiger partial charge in [0.05, 0.1) is 11.0 Å². The quantitative estimate of drug-likeness (QED) is 0.559. The maximum atomic E-state index is 11.9. The molecule has 7 heteroatoms. The molecule has 0 aliphatic heterocycles. The first-order chi connectivity index (χ1) is 12.6. The fourth-order valence-electron chi connectivity index (χ4n) is 2.53. The Balaban J connectivity index is 1.36. The Morgan fingerprint density at radius 3 is 2.50 bits per heavy atom. The summed E-state index contributed by atoms with van der Waals surface area (Å²) in [5.74, 6) is 0.516. The number of halogens is 1. The SMILES string of the molecule is O=C(CCc1nc2ccccc2[nH]1)NCCNC(=O)c1ccc(Cl)cc1. The number of H-pyrrole nitrogens is 1. The van der Waals surface area contributed by atoms with Crippen LogP contribution in [-0.4, -0.2) is 34.9 Å². The number of carbonyl (C=O) groups excluding carboxylic acids is 2. The van der Waals surface area contributed by atoms with E-state index in [1.807, 2.05) is 24.3 Å². The molecule has 0 bridgehead atoms. The van der Waals surface area contributed by atoms with Crippen LogP contribution in [0, 0.1) is 0 Å². The summed E-state index contributed by atoms with van der Waals surface area (Å²) in [6.07, 6.45) is 0.878. The number of imidazole rings is 1. The largest absolute Gasteiger partial charge is 0.354 e. The van der Waals surface area contributed by atoms with E-state index in [0.717, 1.165) is 16.9 Å². The number of hydrogen-bond donors (Lipinski definition) is 3. The first kappa shape index (κ1) is 17.9. The molecule has 0 aliphatic carbocycles. The summed E-state index contributed by atoms with van der Waals surface area (Å²) >= 11 is 5.79. The lowest BCUT2D eigenvalue weighted by Gasteiger charge is -2.07. The molecule has 2 aromatic carbocycles. The zero-order valence-corrected chi connectivity index (χ0v) is 14.8. The van der Waals surface area contributed by atoms with Crippen LogP contribution in [0.15, 0.2) is 48.5 Å². The summed E-state index contributed by atoms with van der Waals surface area (Å²) in [6.45, 7) is 0.732. The topological polar surface area (TPSA) is 86.9 Å². The lowest BCUT2D eigenvalue weighted by molar-refractivity contribution is -0.121. The minimum atomic E-state index is -0.196. The van der Waals surface area contributed by atoms with E-state index in [2.05, 4.69) is 20.6 Å². The number of aromatic amines is 1. The van der Waals surface area contributed by atoms with E-state index in [1.54, 1.807) is 24.3 Å². The van der Waals surface area contributed by atoms with Gasteiger partial charge in [-0.3, -0.25) is 9.59 Å². The lowest BCUT2D eigenvalue weighted by atomic mass is 10.2. The van der Waals surface area contributed by atoms with Crippen molar-refractivity contribution in [3.05, 3.63) is 64.9 Å². The van der Waals surface area contributed by atoms with E-state index < -0.39 is 0 Å². The Morgan fingerprint density at radius 1 is 1.00 bits per heavy atom. The van der Waals surface area contributed by atoms with E-state index in [1.165, 1.54) is 0 Å². The predicted octanol–water partition coefficient (Wildman–Crippen LogP) is 2.70. The summed E-state index contributed by atoms with van der Waals surface area (Å²) in [5.41, 5.74) is 2.39. The summed E-state index contributed by atoms with van der Waals surface area (Å²) in [4.78, 5) is 31.5. The van der Waals surface area contributed by atoms with E-state index in [0.29, 0.717) is 36.5 Å². The molecule has 0 fully saturated rings. The third-order valence-corrected chi connectivity index (χ3v) is 4.12. The van der Waals surface area contributed by atoms with Crippen LogP contribution < -0.4 is 10.6 Å². The van der Waals surface area contributed by atoms with Gasteiger partial charge in [0.25, 0.3) is 5.91 Å². The number of benzene rings is 2. The zero-order chi connectivity index (χ0) is 18.4. The second kappa shape index (κ2) is 8.49. The molecule has 0 saturated heterocycles. The molecule has 3 N–H and O–H groups in total. The van der Waals surface area contributed by atoms with Gasteiger partial charge >= 0.3 is 0 Å². The number of aromatic nitrogens is 2. The van der Waals surface area contributed by atoms with Gasteiger partial charge in [-0.1, -0.05) is 23.7 Å². The van der Waals surface area contributed by atoms with Crippen LogP contribution in [0.4, 0.5) is 0 Å². The number of carbonyl (C=O) groups is 2. The molecule has 26 heavy (non-hydrogen) atoms. The van der Waals surface area contributed by atoms with Crippen molar-refractivity contribution >= 4 is 34.4 Å². The lowest BCUT2D eigenvalue weighted by Crippen LogP contribution is -2.34. The number of hydrogen-bond acceptors (Lipinski definition) is 3. The van der Waals surface area contributed by atoms with Crippen molar-refractivity contribution in [2.75, 3.05) is 13.1 Å². The average molecular weight is 371 g/mol. The molecule has 2 amide bonds. The Labute approximate surface area is 156 Å². The highest BCUT2D eigenvalue weighted by Gasteiger charge is 2.07. The van der Waals surface area contributed by atoms with Crippen LogP contribution in [0.2, 0.25) is 5.02 Å². The summed E-state index contributed by atoms with van der Waals surface area (Å²) < 4.78 is 0. The van der Waals surface area contributed by atoms with Gasteiger partial charge in [0.15, 0.2) is 0 Å². The van der Waals surface area contributed by atoms with E-state index in [-0.39, 0.29) is 11.8 Å². The molecular weight excluding hydrogens is 352 g/mol. The zero-order valence-electron chi connectivity index (χ0n) is 14.1. The molecule has 0 atom stereocenters. The molecule has 3 aromatic rings. The molecule has 6 nitrogen and oxygen atoms in total. The molecule has 0 aliphatic rings. The van der Waals surface area contributed by atoms with Gasteiger partial charge in [-0.25, -0.2) is 4.98 Å². The standard InChI is InChI=1S/C19H19ClN4O2/c20-14-7-5-13(6-8-14)19(26)22-12-11-21-18(25)10-9-17-23-15-3-1-2-4-16(15)24-17/h1-8H,9-12H2,(H,21,25)(H,22,26)(H,23,24). The molecule has 0 unspecified atom stereocenters. The average Bonchev–Trinajstić information content (AvgIpc) is 3.07. The van der Waals surface area contributed by atoms with Crippen LogP contribution in [0.3, 0.4) is 0 Å². The van der Waals surface area contributed by atoms with Crippen LogP contribution in [0.25, 0.3) is 11.0 Å². The molecule has 0 spiro atoms. The van der Waals surface area contributed by atoms with Crippen LogP contribution in [0.5, 0.6) is 0 Å². The van der Waals surface area contributed by atoms with Crippen molar-refractivity contribution in [1.82, 2.24) is 20.6 Å². The predicted molar refractivity (Wildman–Crippen MR) is 101 cm³/mol. The number of amides is 2. The minimum Gasteiger partial charge on any atom is -0.354 e. The van der Waals surface area contributed by atoms with Gasteiger partial charge in [0.1, 0.15) is 5.82 Å². The number of fused-ring (bicyclic) bond motifs is 1. The fraction of sp³-hybridized carbons (Fsp3) is 0.211. The Kier molecular flexibility index (Phi) is 5.86. The van der Waals surface area contributed by atoms with Crippen molar-refractivity contribution in [2.45, 2.75) is 12.8 Å². The van der Waals surface area contributed by atoms with Crippen molar-refractivity contribution < 1.29 is 9.59 Å². The van der Waals surface area contributed by atoms with Crippen LogP contribution >= 0.6 is 11.6 Å². The summed E-state index contributed by atoms with van der Waals surface area (Å²) in [5, 5.41) is 6.12. The molecule has 1 heterocycles. The van der Waals surface area contributed by atoms with E-state index >= 15 is 0 Å². The molecule has 134 valence electrons. The second-order valence-electron chi connectivity index (χ2n) is 5.81. The van der Waals surface area contributed by atoms with Gasteiger partial charge in [-0.15, -0.1) is 0 Å². The third kappa shape index (κ3) is 4.83. The van der Waals surface area contributed by atoms with Gasteiger partial charge in [0.2, 0.25) is 5.91 Å². The summed E-state index contributed by atoms with van der Waals surface area (Å²) in [7, 11) is 0. The highest BCUT2D eigenvalue weighted by Crippen LogP contribution is 2.11. The molecule has 1 aromatic heterocycles. The molecular formula is C19H19ClN4O2. The summed E-state index contributed by atoms with van der Waals surface area (Å²) in [6, 6.07) is 14.4. The minimum absolute atomic E-state index is 0.0776. The van der Waals surface area contributed by atoms with Crippen LogP contribution in [0.1, 0.15) is 22.6 Å². The van der Waals surface area contributed by atoms with Crippen molar-refractivity contribution in [3.8, 4) is 0 Å². The van der Waals surface area contributed by atoms with Gasteiger partial charge in [-0.2, -0.15) is 0 Å². The van der Waals surface area contributed by atoms with Gasteiger partial charge in [0, 0.05) is 36.5 Å². The number of para-hydroxylation sites is 2. The number of nitrogens with zero attached hydrogens (tertiary/aromatic N) is 1. The van der Waals surface area contributed by atoms with E-state index in [4.69, 9.17) is 11.6 Å². The normalized spacial score (nSPS) is 10.7. The van der Waals surface area contributed by atoms with Gasteiger partial charge < -0.3 is 15.6 Å². The number of rotatable bonds is 7. The van der Waals surface area contributed by atoms with E-state index in [9.17, 15) is 9.59 Å². The molecule has 0 saturated carbocycles. The van der Waals surface area contributed by atoms with Crippen LogP contribution in [-0.2, 0) is 11.2 Å². The van der Waals surface area contributed by atoms with Crippen molar-refractivity contribution in [3.63, 3.8) is 0 Å². The maximum absolute atomic E-state index is 11.9. The van der Waals surface area contributed by atoms with Crippen molar-refractivity contribution in [1.29, 1.82) is 0 Å². The number of nitrogens with one attached hydrogen (secondary N) is 3. The Hall–Kier alpha value is -2.86. The second-order valence-corrected chi connectivity index (χ2v) is 6.25. The first-order valence-electron chi connectivity index (χ1n) is 8.36. The Morgan fingerprint density at radius 2 is 1.73 bits per heavy atom. The van der Waals surface area contributed by atoms with Crippen molar-refractivity contribution in [2.24, 2.45) is 0 Å². The Bertz CT molecular complexity index is 872. The highest BCUT2D eigenvalue weighted by molar-refractivity contribution is 6.30. The smallest absolute Gasteiger partial charge is 0.251 e. The highest BCUT2D eigenvalue weighted by atomic mass is 35.5. The number of aryl methyl sites for hydroxylation is 1. The monoisotopic (exact) mass is 370 g/mol. The first-order valence-corrected chi connectivity index (χ1v) is 8.74. The fourth-order valence-corrected chi connectivity index (χ4v) is 2.65. The van der Waals surface area contributed by atoms with Gasteiger partial charge in [-0.05, 0) is 36.4 Å². The maximum Gasteiger partial charge on any atom is 0.251 e. The molecule has 3 rings (SSSR count). The third-order valence-electron chi connectivity index (χ3n) is 3.87.